The molecule has 0 bridgehead atoms. The van der Waals surface area contributed by atoms with Gasteiger partial charge in [0, 0.05) is 43.9 Å². The number of rotatable bonds is 9. The Kier molecular flexibility index (Phi) is 10.0. The van der Waals surface area contributed by atoms with Gasteiger partial charge in [-0.1, -0.05) is 31.2 Å². The van der Waals surface area contributed by atoms with E-state index in [9.17, 15) is 18.8 Å². The van der Waals surface area contributed by atoms with Gasteiger partial charge in [-0.15, -0.1) is 12.4 Å². The molecule has 1 aromatic carbocycles. The highest BCUT2D eigenvalue weighted by Gasteiger charge is 2.30. The van der Waals surface area contributed by atoms with Gasteiger partial charge in [-0.25, -0.2) is 9.37 Å². The first-order chi connectivity index (χ1) is 18.2. The second-order valence-electron chi connectivity index (χ2n) is 9.61. The average Bonchev–Trinajstić information content (AvgIpc) is 3.29. The van der Waals surface area contributed by atoms with E-state index < -0.39 is 6.17 Å². The number of hydrogen-bond acceptors (Lipinski definition) is 6. The van der Waals surface area contributed by atoms with Crippen molar-refractivity contribution in [3.63, 3.8) is 0 Å². The van der Waals surface area contributed by atoms with E-state index in [1.807, 2.05) is 38.1 Å². The van der Waals surface area contributed by atoms with Crippen molar-refractivity contribution >= 4 is 41.1 Å². The molecular weight excluding hydrogens is 523 g/mol. The van der Waals surface area contributed by atoms with Gasteiger partial charge >= 0.3 is 0 Å². The molecule has 0 radical (unpaired) electrons. The molecule has 39 heavy (non-hydrogen) atoms. The summed E-state index contributed by atoms with van der Waals surface area (Å²) in [6.07, 6.45) is -0.249. The van der Waals surface area contributed by atoms with E-state index in [-0.39, 0.29) is 59.9 Å². The number of benzene rings is 1. The average molecular weight is 559 g/mol. The lowest BCUT2D eigenvalue weighted by Gasteiger charge is -2.22. The fourth-order valence-electron chi connectivity index (χ4n) is 5.08. The summed E-state index contributed by atoms with van der Waals surface area (Å²) in [6, 6.07) is 11.0. The van der Waals surface area contributed by atoms with Gasteiger partial charge in [-0.2, -0.15) is 0 Å². The van der Waals surface area contributed by atoms with Crippen LogP contribution in [0.3, 0.4) is 0 Å². The molecule has 4 rings (SSSR count). The number of anilines is 1. The van der Waals surface area contributed by atoms with Crippen LogP contribution in [0.25, 0.3) is 22.3 Å². The molecule has 11 heteroatoms. The maximum absolute atomic E-state index is 13.7. The van der Waals surface area contributed by atoms with Crippen LogP contribution in [-0.2, 0) is 29.0 Å². The van der Waals surface area contributed by atoms with Gasteiger partial charge in [-0.05, 0) is 37.6 Å². The summed E-state index contributed by atoms with van der Waals surface area (Å²) in [4.78, 5) is 44.3. The van der Waals surface area contributed by atoms with Gasteiger partial charge < -0.3 is 20.9 Å². The van der Waals surface area contributed by atoms with E-state index in [1.54, 1.807) is 16.7 Å². The monoisotopic (exact) mass is 558 g/mol. The Hall–Kier alpha value is -3.50. The molecule has 1 aliphatic rings. The number of nitrogens with zero attached hydrogens (tertiary/aromatic N) is 3. The normalized spacial score (nSPS) is 17.1. The number of amides is 2. The SMILES string of the molecule is CCN1C[C@H](F)C[C@H]1CNC(=O)Cc1ccc(-c2ccc3c(=O)c(CC(=O)NC)c(N)n(CC)c3n2)cc1.Cl. The van der Waals surface area contributed by atoms with Gasteiger partial charge in [0.1, 0.15) is 17.6 Å². The molecule has 0 spiro atoms. The number of halogens is 2. The first-order valence-corrected chi connectivity index (χ1v) is 13.0. The zero-order valence-corrected chi connectivity index (χ0v) is 23.3. The minimum absolute atomic E-state index is 0. The number of nitrogens with one attached hydrogen (secondary N) is 2. The van der Waals surface area contributed by atoms with E-state index in [1.165, 1.54) is 7.05 Å². The molecule has 1 saturated heterocycles. The highest BCUT2D eigenvalue weighted by Crippen LogP contribution is 2.24. The van der Waals surface area contributed by atoms with Crippen LogP contribution >= 0.6 is 12.4 Å². The first-order valence-electron chi connectivity index (χ1n) is 13.0. The third kappa shape index (κ3) is 6.57. The number of pyridine rings is 2. The molecule has 210 valence electrons. The molecule has 3 aromatic rings. The number of nitrogens with two attached hydrogens (primary N) is 1. The van der Waals surface area contributed by atoms with Gasteiger partial charge in [-0.3, -0.25) is 19.3 Å². The quantitative estimate of drug-likeness (QED) is 0.371. The highest BCUT2D eigenvalue weighted by molar-refractivity contribution is 5.86. The summed E-state index contributed by atoms with van der Waals surface area (Å²) in [5.41, 5.74) is 9.05. The van der Waals surface area contributed by atoms with E-state index in [2.05, 4.69) is 15.5 Å². The van der Waals surface area contributed by atoms with Crippen molar-refractivity contribution in [2.75, 3.05) is 32.4 Å². The Morgan fingerprint density at radius 1 is 1.08 bits per heavy atom. The topological polar surface area (TPSA) is 122 Å². The van der Waals surface area contributed by atoms with Crippen LogP contribution in [0.2, 0.25) is 0 Å². The molecule has 0 aliphatic carbocycles. The Balaban J connectivity index is 0.00000420. The number of carbonyl (C=O) groups excluding carboxylic acids is 2. The maximum atomic E-state index is 13.7. The Morgan fingerprint density at radius 3 is 2.44 bits per heavy atom. The first kappa shape index (κ1) is 30.0. The molecular formula is C28H36ClFN6O3. The summed E-state index contributed by atoms with van der Waals surface area (Å²) in [5, 5.41) is 5.87. The van der Waals surface area contributed by atoms with Crippen LogP contribution in [0.1, 0.15) is 31.4 Å². The van der Waals surface area contributed by atoms with Gasteiger partial charge in [0.15, 0.2) is 5.43 Å². The summed E-state index contributed by atoms with van der Waals surface area (Å²) in [7, 11) is 1.52. The van der Waals surface area contributed by atoms with E-state index in [0.29, 0.717) is 42.8 Å². The van der Waals surface area contributed by atoms with Crippen molar-refractivity contribution in [2.24, 2.45) is 0 Å². The van der Waals surface area contributed by atoms with Gasteiger partial charge in [0.2, 0.25) is 11.8 Å². The lowest BCUT2D eigenvalue weighted by molar-refractivity contribution is -0.121. The largest absolute Gasteiger partial charge is 0.385 e. The van der Waals surface area contributed by atoms with Crippen molar-refractivity contribution in [2.45, 2.75) is 51.9 Å². The Labute approximate surface area is 233 Å². The number of aromatic nitrogens is 2. The number of fused-ring (bicyclic) bond motifs is 1. The summed E-state index contributed by atoms with van der Waals surface area (Å²) in [6.45, 7) is 6.03. The zero-order valence-electron chi connectivity index (χ0n) is 22.5. The fourth-order valence-corrected chi connectivity index (χ4v) is 5.08. The van der Waals surface area contributed by atoms with Crippen LogP contribution in [0, 0.1) is 0 Å². The van der Waals surface area contributed by atoms with Crippen molar-refractivity contribution in [1.82, 2.24) is 25.1 Å². The molecule has 2 amide bonds. The Morgan fingerprint density at radius 2 is 1.79 bits per heavy atom. The predicted molar refractivity (Wildman–Crippen MR) is 154 cm³/mol. The lowest BCUT2D eigenvalue weighted by atomic mass is 10.0. The summed E-state index contributed by atoms with van der Waals surface area (Å²) < 4.78 is 15.4. The molecule has 2 aromatic heterocycles. The molecule has 0 unspecified atom stereocenters. The second kappa shape index (κ2) is 13.0. The van der Waals surface area contributed by atoms with Crippen molar-refractivity contribution in [3.05, 3.63) is 57.7 Å². The minimum Gasteiger partial charge on any atom is -0.385 e. The third-order valence-electron chi connectivity index (χ3n) is 7.21. The van der Waals surface area contributed by atoms with E-state index >= 15 is 0 Å². The maximum Gasteiger partial charge on any atom is 0.224 e. The standard InChI is InChI=1S/C28H35FN6O3.ClH/c1-4-34-16-19(29)13-20(34)15-32-25(37)12-17-6-8-18(9-7-17)23-11-10-21-26(38)22(14-24(36)31-3)27(30)35(5-2)28(21)33-23;/h6-11,19-20H,4-5,12-16,30H2,1-3H3,(H,31,36)(H,32,37);1H/t19-,20+;/m1./s1. The van der Waals surface area contributed by atoms with Crippen molar-refractivity contribution in [3.8, 4) is 11.3 Å². The van der Waals surface area contributed by atoms with E-state index in [4.69, 9.17) is 10.7 Å². The third-order valence-corrected chi connectivity index (χ3v) is 7.21. The molecule has 2 atom stereocenters. The Bertz CT molecular complexity index is 1390. The molecule has 4 N–H and O–H groups in total. The minimum atomic E-state index is -0.832. The van der Waals surface area contributed by atoms with Crippen molar-refractivity contribution in [1.29, 1.82) is 0 Å². The molecule has 3 heterocycles. The van der Waals surface area contributed by atoms with Crippen LogP contribution in [0.5, 0.6) is 0 Å². The molecule has 1 aliphatic heterocycles. The second-order valence-corrected chi connectivity index (χ2v) is 9.61. The summed E-state index contributed by atoms with van der Waals surface area (Å²) >= 11 is 0. The predicted octanol–water partition coefficient (Wildman–Crippen LogP) is 2.47. The number of nitrogen functional groups attached to an aromatic ring is 1. The molecule has 1 fully saturated rings. The number of aryl methyl sites for hydroxylation is 1. The molecule has 9 nitrogen and oxygen atoms in total. The number of likely N-dealkylation sites (tertiary alicyclic amines) is 1. The van der Waals surface area contributed by atoms with Gasteiger partial charge in [0.05, 0.1) is 23.9 Å². The van der Waals surface area contributed by atoms with E-state index in [0.717, 1.165) is 17.7 Å². The lowest BCUT2D eigenvalue weighted by Crippen LogP contribution is -2.40. The van der Waals surface area contributed by atoms with Gasteiger partial charge in [0.25, 0.3) is 0 Å². The van der Waals surface area contributed by atoms with Crippen LogP contribution in [0.4, 0.5) is 10.2 Å². The van der Waals surface area contributed by atoms with Crippen molar-refractivity contribution < 1.29 is 14.0 Å². The van der Waals surface area contributed by atoms with Crippen LogP contribution in [0.15, 0.2) is 41.2 Å². The fraction of sp³-hybridized carbons (Fsp3) is 0.429. The molecule has 0 saturated carbocycles. The number of alkyl halides is 1. The number of hydrogen-bond donors (Lipinski definition) is 3. The van der Waals surface area contributed by atoms with Crippen LogP contribution < -0.4 is 21.8 Å². The number of likely N-dealkylation sites (N-methyl/N-ethyl adjacent to an activating group) is 2. The number of carbonyl (C=O) groups is 2. The highest BCUT2D eigenvalue weighted by atomic mass is 35.5. The van der Waals surface area contributed by atoms with Crippen LogP contribution in [-0.4, -0.2) is 65.2 Å². The zero-order chi connectivity index (χ0) is 27.4. The summed E-state index contributed by atoms with van der Waals surface area (Å²) in [5.74, 6) is -0.153. The smallest absolute Gasteiger partial charge is 0.224 e.